The quantitative estimate of drug-likeness (QED) is 0.495. The van der Waals surface area contributed by atoms with Gasteiger partial charge in [0.2, 0.25) is 5.88 Å². The van der Waals surface area contributed by atoms with Crippen LogP contribution in [-0.4, -0.2) is 42.5 Å². The lowest BCUT2D eigenvalue weighted by Crippen LogP contribution is -2.38. The molecule has 0 bridgehead atoms. The number of fused-ring (bicyclic) bond motifs is 1. The number of methoxy groups -OCH3 is 1. The third-order valence-electron chi connectivity index (χ3n) is 6.09. The van der Waals surface area contributed by atoms with E-state index < -0.39 is 23.3 Å². The number of amides is 1. The number of hydrogen-bond donors (Lipinski definition) is 1. The molecule has 0 saturated carbocycles. The predicted octanol–water partition coefficient (Wildman–Crippen LogP) is 4.93. The van der Waals surface area contributed by atoms with Crippen LogP contribution >= 0.6 is 0 Å². The number of halogens is 2. The molecule has 2 aromatic heterocycles. The summed E-state index contributed by atoms with van der Waals surface area (Å²) >= 11 is 0. The highest BCUT2D eigenvalue weighted by Gasteiger charge is 2.27. The molecule has 0 atom stereocenters. The monoisotopic (exact) mass is 500 g/mol. The molecule has 1 amide bonds. The maximum absolute atomic E-state index is 14.6. The van der Waals surface area contributed by atoms with Crippen molar-refractivity contribution in [2.75, 3.05) is 37.0 Å². The molecule has 3 aromatic rings. The zero-order valence-corrected chi connectivity index (χ0v) is 20.6. The number of carbonyl (C=O) groups is 1. The first kappa shape index (κ1) is 25.4. The molecule has 1 aromatic carbocycles. The lowest BCUT2D eigenvalue weighted by atomic mass is 10.1. The van der Waals surface area contributed by atoms with Crippen LogP contribution in [0.2, 0.25) is 0 Å². The summed E-state index contributed by atoms with van der Waals surface area (Å²) in [5, 5.41) is 2.73. The second-order valence-corrected chi connectivity index (χ2v) is 9.20. The van der Waals surface area contributed by atoms with Crippen molar-refractivity contribution in [2.24, 2.45) is 5.92 Å². The van der Waals surface area contributed by atoms with Crippen LogP contribution in [0.5, 0.6) is 5.88 Å². The van der Waals surface area contributed by atoms with Crippen LogP contribution in [0.4, 0.5) is 25.0 Å². The molecule has 1 aliphatic rings. The molecule has 1 aliphatic heterocycles. The highest BCUT2D eigenvalue weighted by atomic mass is 19.1. The van der Waals surface area contributed by atoms with Crippen molar-refractivity contribution in [3.8, 4) is 5.88 Å². The Morgan fingerprint density at radius 3 is 2.44 bits per heavy atom. The van der Waals surface area contributed by atoms with Gasteiger partial charge in [-0.2, -0.15) is 0 Å². The van der Waals surface area contributed by atoms with E-state index in [-0.39, 0.29) is 47.4 Å². The van der Waals surface area contributed by atoms with Crippen LogP contribution in [-0.2, 0) is 11.3 Å². The molecule has 0 aliphatic carbocycles. The largest absolute Gasteiger partial charge is 0.481 e. The van der Waals surface area contributed by atoms with E-state index in [0.717, 1.165) is 31.4 Å². The molecule has 1 fully saturated rings. The van der Waals surface area contributed by atoms with Crippen molar-refractivity contribution in [1.29, 1.82) is 0 Å². The minimum absolute atomic E-state index is 0.121. The molecular weight excluding hydrogens is 470 g/mol. The van der Waals surface area contributed by atoms with E-state index in [0.29, 0.717) is 18.6 Å². The number of aromatic nitrogens is 2. The van der Waals surface area contributed by atoms with Crippen molar-refractivity contribution >= 4 is 28.5 Å². The second kappa shape index (κ2) is 10.9. The van der Waals surface area contributed by atoms with Crippen LogP contribution in [0, 0.1) is 17.6 Å². The number of hydrogen-bond acceptors (Lipinski definition) is 6. The Hall–Kier alpha value is -3.69. The van der Waals surface area contributed by atoms with Gasteiger partial charge in [-0.05, 0) is 43.4 Å². The highest BCUT2D eigenvalue weighted by molar-refractivity contribution is 6.02. The van der Waals surface area contributed by atoms with Crippen LogP contribution < -0.4 is 20.5 Å². The predicted molar refractivity (Wildman–Crippen MR) is 134 cm³/mol. The van der Waals surface area contributed by atoms with Gasteiger partial charge >= 0.3 is 6.09 Å². The summed E-state index contributed by atoms with van der Waals surface area (Å²) < 4.78 is 41.0. The zero-order chi connectivity index (χ0) is 25.8. The van der Waals surface area contributed by atoms with E-state index >= 15 is 0 Å². The number of piperidine rings is 1. The van der Waals surface area contributed by atoms with Gasteiger partial charge in [0.15, 0.2) is 0 Å². The molecule has 8 nitrogen and oxygen atoms in total. The third kappa shape index (κ3) is 5.27. The van der Waals surface area contributed by atoms with Gasteiger partial charge in [-0.25, -0.2) is 18.6 Å². The molecule has 0 radical (unpaired) electrons. The lowest BCUT2D eigenvalue weighted by Gasteiger charge is -2.31. The molecule has 192 valence electrons. The molecule has 3 heterocycles. The Bertz CT molecular complexity index is 1300. The lowest BCUT2D eigenvalue weighted by molar-refractivity contribution is 0.147. The summed E-state index contributed by atoms with van der Waals surface area (Å²) in [5.41, 5.74) is 0.226. The first-order chi connectivity index (χ1) is 17.3. The van der Waals surface area contributed by atoms with Crippen molar-refractivity contribution in [2.45, 2.75) is 39.7 Å². The van der Waals surface area contributed by atoms with Crippen molar-refractivity contribution in [3.05, 3.63) is 57.9 Å². The first-order valence-electron chi connectivity index (χ1n) is 12.0. The SMILES string of the molecule is COc1ccc2c(n1)c(NC(=O)OCC(C)C)c(N1CCCCC1)c(=O)n2Cc1c(F)cccc1F. The fourth-order valence-electron chi connectivity index (χ4n) is 4.31. The smallest absolute Gasteiger partial charge is 0.411 e. The van der Waals surface area contributed by atoms with Crippen molar-refractivity contribution < 1.29 is 23.0 Å². The van der Waals surface area contributed by atoms with Crippen molar-refractivity contribution in [1.82, 2.24) is 9.55 Å². The van der Waals surface area contributed by atoms with Crippen LogP contribution in [0.25, 0.3) is 11.0 Å². The Morgan fingerprint density at radius 2 is 1.81 bits per heavy atom. The number of ether oxygens (including phenoxy) is 2. The molecule has 10 heteroatoms. The number of nitrogens with zero attached hydrogens (tertiary/aromatic N) is 3. The average Bonchev–Trinajstić information content (AvgIpc) is 2.87. The van der Waals surface area contributed by atoms with E-state index in [1.807, 2.05) is 18.7 Å². The summed E-state index contributed by atoms with van der Waals surface area (Å²) in [6.07, 6.45) is 2.03. The summed E-state index contributed by atoms with van der Waals surface area (Å²) in [6.45, 7) is 4.86. The molecule has 1 saturated heterocycles. The number of carbonyl (C=O) groups excluding carboxylic acids is 1. The van der Waals surface area contributed by atoms with Gasteiger partial charge in [-0.1, -0.05) is 19.9 Å². The van der Waals surface area contributed by atoms with Crippen molar-refractivity contribution in [3.63, 3.8) is 0 Å². The third-order valence-corrected chi connectivity index (χ3v) is 6.09. The number of pyridine rings is 2. The topological polar surface area (TPSA) is 85.7 Å². The Labute approximate surface area is 207 Å². The highest BCUT2D eigenvalue weighted by Crippen LogP contribution is 2.33. The van der Waals surface area contributed by atoms with E-state index in [1.165, 1.54) is 17.7 Å². The van der Waals surface area contributed by atoms with Crippen LogP contribution in [0.1, 0.15) is 38.7 Å². The number of rotatable bonds is 7. The molecule has 0 unspecified atom stereocenters. The van der Waals surface area contributed by atoms with Gasteiger partial charge < -0.3 is 18.9 Å². The van der Waals surface area contributed by atoms with Gasteiger partial charge in [0.25, 0.3) is 5.56 Å². The van der Waals surface area contributed by atoms with Gasteiger partial charge in [0, 0.05) is 24.7 Å². The minimum atomic E-state index is -0.754. The summed E-state index contributed by atoms with van der Waals surface area (Å²) in [6, 6.07) is 6.72. The summed E-state index contributed by atoms with van der Waals surface area (Å²) in [7, 11) is 1.45. The molecule has 36 heavy (non-hydrogen) atoms. The maximum atomic E-state index is 14.6. The molecule has 0 spiro atoms. The van der Waals surface area contributed by atoms with E-state index in [1.54, 1.807) is 12.1 Å². The van der Waals surface area contributed by atoms with Gasteiger partial charge in [-0.3, -0.25) is 10.1 Å². The Balaban J connectivity index is 1.95. The zero-order valence-electron chi connectivity index (χ0n) is 20.6. The van der Waals surface area contributed by atoms with Crippen LogP contribution in [0.15, 0.2) is 35.1 Å². The van der Waals surface area contributed by atoms with Gasteiger partial charge in [-0.15, -0.1) is 0 Å². The average molecular weight is 501 g/mol. The Kier molecular flexibility index (Phi) is 7.71. The fraction of sp³-hybridized carbons (Fsp3) is 0.423. The maximum Gasteiger partial charge on any atom is 0.411 e. The molecular formula is C26H30F2N4O4. The van der Waals surface area contributed by atoms with Gasteiger partial charge in [0.05, 0.1) is 25.8 Å². The number of benzene rings is 1. The van der Waals surface area contributed by atoms with E-state index in [4.69, 9.17) is 9.47 Å². The summed E-state index contributed by atoms with van der Waals surface area (Å²) in [4.78, 5) is 33.1. The van der Waals surface area contributed by atoms with Crippen LogP contribution in [0.3, 0.4) is 0 Å². The number of nitrogens with one attached hydrogen (secondary N) is 1. The van der Waals surface area contributed by atoms with E-state index in [2.05, 4.69) is 10.3 Å². The fourth-order valence-corrected chi connectivity index (χ4v) is 4.31. The Morgan fingerprint density at radius 1 is 1.11 bits per heavy atom. The normalized spacial score (nSPS) is 13.8. The number of anilines is 2. The molecule has 4 rings (SSSR count). The second-order valence-electron chi connectivity index (χ2n) is 9.20. The summed E-state index contributed by atoms with van der Waals surface area (Å²) in [5.74, 6) is -1.13. The minimum Gasteiger partial charge on any atom is -0.481 e. The standard InChI is InChI=1S/C26H30F2N4O4/c1-16(2)15-36-26(34)30-23-22-20(10-11-21(29-22)35-3)32(14-17-18(27)8-7-9-19(17)28)25(33)24(23)31-12-5-4-6-13-31/h7-11,16H,4-6,12-15H2,1-3H3,(H,30,34). The first-order valence-corrected chi connectivity index (χ1v) is 12.0. The molecule has 1 N–H and O–H groups in total. The van der Waals surface area contributed by atoms with Gasteiger partial charge in [0.1, 0.15) is 28.5 Å². The van der Waals surface area contributed by atoms with E-state index in [9.17, 15) is 18.4 Å².